The molecule has 0 atom stereocenters. The lowest BCUT2D eigenvalue weighted by molar-refractivity contribution is -0.122. The van der Waals surface area contributed by atoms with Crippen LogP contribution >= 0.6 is 15.9 Å². The Morgan fingerprint density at radius 3 is 2.93 bits per heavy atom. The molecular weight excluding hydrogens is 244 g/mol. The maximum absolute atomic E-state index is 11.2. The average molecular weight is 257 g/mol. The first-order chi connectivity index (χ1) is 6.72. The van der Waals surface area contributed by atoms with Gasteiger partial charge in [0.25, 0.3) is 0 Å². The fourth-order valence-electron chi connectivity index (χ4n) is 1.21. The summed E-state index contributed by atoms with van der Waals surface area (Å²) in [7, 11) is 1.54. The van der Waals surface area contributed by atoms with E-state index in [1.165, 1.54) is 12.7 Å². The molecule has 0 aliphatic carbocycles. The van der Waals surface area contributed by atoms with Crippen molar-refractivity contribution in [2.24, 2.45) is 0 Å². The number of Topliss-reactive ketones (excluding diaryl/α,β-unsaturated/α-hetero) is 1. The molecule has 0 N–H and O–H groups in total. The average Bonchev–Trinajstić information content (AvgIpc) is 2.15. The highest BCUT2D eigenvalue weighted by atomic mass is 79.9. The Morgan fingerprint density at radius 1 is 1.50 bits per heavy atom. The van der Waals surface area contributed by atoms with Crippen molar-refractivity contribution in [3.05, 3.63) is 34.3 Å². The van der Waals surface area contributed by atoms with Crippen LogP contribution in [0.4, 0.5) is 0 Å². The van der Waals surface area contributed by atoms with E-state index in [0.29, 0.717) is 6.42 Å². The number of rotatable bonds is 5. The number of hydrogen-bond acceptors (Lipinski definition) is 2. The Morgan fingerprint density at radius 2 is 2.29 bits per heavy atom. The van der Waals surface area contributed by atoms with Crippen LogP contribution in [0.5, 0.6) is 0 Å². The molecule has 14 heavy (non-hydrogen) atoms. The molecule has 0 saturated carbocycles. The zero-order valence-electron chi connectivity index (χ0n) is 8.13. The standard InChI is InChI=1S/C11H13BrO2/c1-14-8-11(13)6-5-9-3-2-4-10(12)7-9/h2-4,7H,5-6,8H2,1H3. The molecule has 0 bridgehead atoms. The third-order valence-corrected chi connectivity index (χ3v) is 2.38. The molecule has 0 fully saturated rings. The highest BCUT2D eigenvalue weighted by Gasteiger charge is 2.01. The number of carbonyl (C=O) groups excluding carboxylic acids is 1. The number of ketones is 1. The zero-order valence-corrected chi connectivity index (χ0v) is 9.71. The Labute approximate surface area is 92.4 Å². The van der Waals surface area contributed by atoms with Gasteiger partial charge in [-0.05, 0) is 24.1 Å². The summed E-state index contributed by atoms with van der Waals surface area (Å²) in [6.45, 7) is 0.216. The van der Waals surface area contributed by atoms with Gasteiger partial charge in [0, 0.05) is 18.0 Å². The maximum Gasteiger partial charge on any atom is 0.158 e. The molecule has 0 aliphatic rings. The highest BCUT2D eigenvalue weighted by molar-refractivity contribution is 9.10. The second-order valence-corrected chi connectivity index (χ2v) is 4.02. The zero-order chi connectivity index (χ0) is 10.4. The van der Waals surface area contributed by atoms with Crippen LogP contribution in [0.2, 0.25) is 0 Å². The molecule has 0 spiro atoms. The van der Waals surface area contributed by atoms with Crippen LogP contribution < -0.4 is 0 Å². The van der Waals surface area contributed by atoms with E-state index in [1.807, 2.05) is 24.3 Å². The monoisotopic (exact) mass is 256 g/mol. The summed E-state index contributed by atoms with van der Waals surface area (Å²) in [5.74, 6) is 0.146. The lowest BCUT2D eigenvalue weighted by atomic mass is 10.1. The van der Waals surface area contributed by atoms with Crippen molar-refractivity contribution in [1.82, 2.24) is 0 Å². The van der Waals surface area contributed by atoms with Crippen LogP contribution in [-0.2, 0) is 16.0 Å². The molecule has 3 heteroatoms. The predicted octanol–water partition coefficient (Wildman–Crippen LogP) is 2.60. The van der Waals surface area contributed by atoms with Gasteiger partial charge in [-0.1, -0.05) is 28.1 Å². The van der Waals surface area contributed by atoms with Crippen LogP contribution in [0.15, 0.2) is 28.7 Å². The second kappa shape index (κ2) is 5.94. The third kappa shape index (κ3) is 4.03. The van der Waals surface area contributed by atoms with Crippen molar-refractivity contribution < 1.29 is 9.53 Å². The molecule has 0 aromatic heterocycles. The lowest BCUT2D eigenvalue weighted by Gasteiger charge is -2.01. The fraction of sp³-hybridized carbons (Fsp3) is 0.364. The minimum Gasteiger partial charge on any atom is -0.377 e. The van der Waals surface area contributed by atoms with Gasteiger partial charge in [0.2, 0.25) is 0 Å². The van der Waals surface area contributed by atoms with Crippen molar-refractivity contribution >= 4 is 21.7 Å². The molecule has 0 amide bonds. The second-order valence-electron chi connectivity index (χ2n) is 3.10. The van der Waals surface area contributed by atoms with E-state index in [1.54, 1.807) is 0 Å². The lowest BCUT2D eigenvalue weighted by Crippen LogP contribution is -2.07. The Bertz CT molecular complexity index is 310. The van der Waals surface area contributed by atoms with Gasteiger partial charge in [-0.2, -0.15) is 0 Å². The predicted molar refractivity (Wildman–Crippen MR) is 59.3 cm³/mol. The van der Waals surface area contributed by atoms with Crippen LogP contribution in [0.25, 0.3) is 0 Å². The molecule has 2 nitrogen and oxygen atoms in total. The van der Waals surface area contributed by atoms with E-state index >= 15 is 0 Å². The molecule has 76 valence electrons. The molecular formula is C11H13BrO2. The molecule has 1 aromatic carbocycles. The van der Waals surface area contributed by atoms with Crippen molar-refractivity contribution in [3.8, 4) is 0 Å². The Hall–Kier alpha value is -0.670. The molecule has 0 unspecified atom stereocenters. The Kier molecular flexibility index (Phi) is 4.84. The van der Waals surface area contributed by atoms with Crippen LogP contribution in [0.3, 0.4) is 0 Å². The summed E-state index contributed by atoms with van der Waals surface area (Å²) in [4.78, 5) is 11.2. The molecule has 1 rings (SSSR count). The molecule has 0 saturated heterocycles. The smallest absolute Gasteiger partial charge is 0.158 e. The van der Waals surface area contributed by atoms with Gasteiger partial charge in [0.15, 0.2) is 5.78 Å². The largest absolute Gasteiger partial charge is 0.377 e. The van der Waals surface area contributed by atoms with Crippen LogP contribution in [0.1, 0.15) is 12.0 Å². The maximum atomic E-state index is 11.2. The van der Waals surface area contributed by atoms with Gasteiger partial charge in [0.05, 0.1) is 0 Å². The van der Waals surface area contributed by atoms with Crippen molar-refractivity contribution in [2.75, 3.05) is 13.7 Å². The summed E-state index contributed by atoms with van der Waals surface area (Å²) < 4.78 is 5.81. The first kappa shape index (κ1) is 11.4. The van der Waals surface area contributed by atoms with Gasteiger partial charge in [0.1, 0.15) is 6.61 Å². The summed E-state index contributed by atoms with van der Waals surface area (Å²) in [5.41, 5.74) is 1.17. The van der Waals surface area contributed by atoms with Crippen LogP contribution in [0, 0.1) is 0 Å². The molecule has 0 aliphatic heterocycles. The molecule has 0 radical (unpaired) electrons. The minimum atomic E-state index is 0.146. The normalized spacial score (nSPS) is 10.1. The number of methoxy groups -OCH3 is 1. The fourth-order valence-corrected chi connectivity index (χ4v) is 1.66. The number of ether oxygens (including phenoxy) is 1. The van der Waals surface area contributed by atoms with Gasteiger partial charge >= 0.3 is 0 Å². The van der Waals surface area contributed by atoms with Gasteiger partial charge in [-0.15, -0.1) is 0 Å². The van der Waals surface area contributed by atoms with Crippen molar-refractivity contribution in [2.45, 2.75) is 12.8 Å². The van der Waals surface area contributed by atoms with E-state index in [0.717, 1.165) is 10.9 Å². The molecule has 1 aromatic rings. The summed E-state index contributed by atoms with van der Waals surface area (Å²) >= 11 is 3.39. The third-order valence-electron chi connectivity index (χ3n) is 1.89. The van der Waals surface area contributed by atoms with E-state index in [-0.39, 0.29) is 12.4 Å². The first-order valence-corrected chi connectivity index (χ1v) is 5.27. The van der Waals surface area contributed by atoms with Gasteiger partial charge in [-0.3, -0.25) is 4.79 Å². The minimum absolute atomic E-state index is 0.146. The number of hydrogen-bond donors (Lipinski definition) is 0. The van der Waals surface area contributed by atoms with Crippen molar-refractivity contribution in [1.29, 1.82) is 0 Å². The number of benzene rings is 1. The van der Waals surface area contributed by atoms with Crippen molar-refractivity contribution in [3.63, 3.8) is 0 Å². The molecule has 0 heterocycles. The van der Waals surface area contributed by atoms with Gasteiger partial charge in [-0.25, -0.2) is 0 Å². The Balaban J connectivity index is 2.41. The first-order valence-electron chi connectivity index (χ1n) is 4.47. The number of halogens is 1. The quantitative estimate of drug-likeness (QED) is 0.810. The summed E-state index contributed by atoms with van der Waals surface area (Å²) in [6.07, 6.45) is 1.33. The SMILES string of the molecule is COCC(=O)CCc1cccc(Br)c1. The summed E-state index contributed by atoms with van der Waals surface area (Å²) in [6, 6.07) is 7.99. The van der Waals surface area contributed by atoms with E-state index in [2.05, 4.69) is 15.9 Å². The number of carbonyl (C=O) groups is 1. The van der Waals surface area contributed by atoms with Crippen LogP contribution in [-0.4, -0.2) is 19.5 Å². The number of aryl methyl sites for hydroxylation is 1. The van der Waals surface area contributed by atoms with E-state index < -0.39 is 0 Å². The highest BCUT2D eigenvalue weighted by Crippen LogP contribution is 2.12. The summed E-state index contributed by atoms with van der Waals surface area (Å²) in [5, 5.41) is 0. The van der Waals surface area contributed by atoms with E-state index in [4.69, 9.17) is 4.74 Å². The van der Waals surface area contributed by atoms with E-state index in [9.17, 15) is 4.79 Å². The van der Waals surface area contributed by atoms with Gasteiger partial charge < -0.3 is 4.74 Å². The topological polar surface area (TPSA) is 26.3 Å².